The lowest BCUT2D eigenvalue weighted by Crippen LogP contribution is -2.02. The van der Waals surface area contributed by atoms with Gasteiger partial charge in [-0.3, -0.25) is 0 Å². The van der Waals surface area contributed by atoms with Crippen molar-refractivity contribution in [1.82, 2.24) is 0 Å². The van der Waals surface area contributed by atoms with Gasteiger partial charge in [0.1, 0.15) is 12.1 Å². The van der Waals surface area contributed by atoms with Crippen molar-refractivity contribution in [3.05, 3.63) is 42.0 Å². The number of nitriles is 2. The molecule has 0 aromatic heterocycles. The third-order valence-electron chi connectivity index (χ3n) is 2.67. The molecule has 0 radical (unpaired) electrons. The minimum Gasteiger partial charge on any atom is -0.385 e. The number of nitrogens with one attached hydrogen (secondary N) is 1. The monoisotopic (exact) mass is 239 g/mol. The van der Waals surface area contributed by atoms with Crippen molar-refractivity contribution >= 4 is 5.69 Å². The van der Waals surface area contributed by atoms with E-state index in [4.69, 9.17) is 10.5 Å². The fourth-order valence-electron chi connectivity index (χ4n) is 1.67. The Balaban J connectivity index is 2.42. The van der Waals surface area contributed by atoms with E-state index in [0.717, 1.165) is 25.1 Å². The largest absolute Gasteiger partial charge is 0.385 e. The van der Waals surface area contributed by atoms with E-state index in [2.05, 4.69) is 11.9 Å². The highest BCUT2D eigenvalue weighted by molar-refractivity contribution is 5.56. The van der Waals surface area contributed by atoms with Gasteiger partial charge >= 0.3 is 0 Å². The number of unbranched alkanes of at least 4 members (excludes halogenated alkanes) is 3. The molecule has 0 saturated carbocycles. The minimum absolute atomic E-state index is 0.425. The smallest absolute Gasteiger partial charge is 0.101 e. The summed E-state index contributed by atoms with van der Waals surface area (Å²) >= 11 is 0. The lowest BCUT2D eigenvalue weighted by atomic mass is 10.1. The predicted octanol–water partition coefficient (Wildman–Crippen LogP) is 3.59. The van der Waals surface area contributed by atoms with Gasteiger partial charge in [-0.05, 0) is 37.5 Å². The molecule has 18 heavy (non-hydrogen) atoms. The van der Waals surface area contributed by atoms with Crippen LogP contribution in [-0.2, 0) is 0 Å². The van der Waals surface area contributed by atoms with Crippen LogP contribution in [0.1, 0.15) is 36.8 Å². The molecule has 0 aliphatic rings. The summed E-state index contributed by atoms with van der Waals surface area (Å²) in [7, 11) is 0. The van der Waals surface area contributed by atoms with Crippen LogP contribution < -0.4 is 5.32 Å². The highest BCUT2D eigenvalue weighted by Gasteiger charge is 2.02. The van der Waals surface area contributed by atoms with E-state index in [1.165, 1.54) is 12.8 Å². The van der Waals surface area contributed by atoms with Crippen molar-refractivity contribution < 1.29 is 0 Å². The van der Waals surface area contributed by atoms with Gasteiger partial charge in [0.15, 0.2) is 0 Å². The Kier molecular flexibility index (Phi) is 6.08. The number of allylic oxidation sites excluding steroid dienone is 1. The van der Waals surface area contributed by atoms with Crippen molar-refractivity contribution in [3.63, 3.8) is 0 Å². The number of hydrogen-bond donors (Lipinski definition) is 1. The van der Waals surface area contributed by atoms with Gasteiger partial charge in [0.25, 0.3) is 0 Å². The molecule has 0 spiro atoms. The van der Waals surface area contributed by atoms with Gasteiger partial charge in [-0.15, -0.1) is 6.58 Å². The second-order valence-electron chi connectivity index (χ2n) is 4.05. The van der Waals surface area contributed by atoms with Crippen LogP contribution in [0.15, 0.2) is 30.9 Å². The van der Waals surface area contributed by atoms with Crippen LogP contribution in [0, 0.1) is 22.7 Å². The number of anilines is 1. The maximum atomic E-state index is 8.90. The van der Waals surface area contributed by atoms with Gasteiger partial charge in [-0.2, -0.15) is 10.5 Å². The third kappa shape index (κ3) is 4.31. The van der Waals surface area contributed by atoms with Crippen molar-refractivity contribution in [1.29, 1.82) is 10.5 Å². The van der Waals surface area contributed by atoms with E-state index in [1.54, 1.807) is 12.1 Å². The van der Waals surface area contributed by atoms with Gasteiger partial charge in [0, 0.05) is 12.2 Å². The molecule has 0 unspecified atom stereocenters. The molecule has 3 heteroatoms. The minimum atomic E-state index is 0.425. The van der Waals surface area contributed by atoms with E-state index in [9.17, 15) is 0 Å². The molecule has 3 nitrogen and oxygen atoms in total. The molecule has 1 N–H and O–H groups in total. The molecule has 0 aliphatic heterocycles. The summed E-state index contributed by atoms with van der Waals surface area (Å²) in [5.74, 6) is 0. The molecule has 0 amide bonds. The van der Waals surface area contributed by atoms with Crippen LogP contribution in [-0.4, -0.2) is 6.54 Å². The van der Waals surface area contributed by atoms with Crippen molar-refractivity contribution in [2.24, 2.45) is 0 Å². The molecule has 0 aliphatic carbocycles. The highest BCUT2D eigenvalue weighted by Crippen LogP contribution is 2.14. The van der Waals surface area contributed by atoms with E-state index in [-0.39, 0.29) is 0 Å². The molecule has 0 saturated heterocycles. The summed E-state index contributed by atoms with van der Waals surface area (Å²) in [6.07, 6.45) is 6.43. The zero-order valence-corrected chi connectivity index (χ0v) is 10.4. The van der Waals surface area contributed by atoms with Gasteiger partial charge in [-0.1, -0.05) is 12.5 Å². The first-order valence-corrected chi connectivity index (χ1v) is 6.11. The Morgan fingerprint density at radius 1 is 1.11 bits per heavy atom. The van der Waals surface area contributed by atoms with Crippen LogP contribution in [0.3, 0.4) is 0 Å². The fourth-order valence-corrected chi connectivity index (χ4v) is 1.67. The Morgan fingerprint density at radius 2 is 1.89 bits per heavy atom. The molecule has 0 fully saturated rings. The van der Waals surface area contributed by atoms with Crippen molar-refractivity contribution in [2.75, 3.05) is 11.9 Å². The molecule has 1 rings (SSSR count). The second-order valence-corrected chi connectivity index (χ2v) is 4.05. The molecule has 0 heterocycles. The first-order valence-electron chi connectivity index (χ1n) is 6.11. The van der Waals surface area contributed by atoms with Crippen LogP contribution in [0.25, 0.3) is 0 Å². The topological polar surface area (TPSA) is 59.6 Å². The Labute approximate surface area is 108 Å². The zero-order chi connectivity index (χ0) is 13.2. The second kappa shape index (κ2) is 7.92. The van der Waals surface area contributed by atoms with Gasteiger partial charge in [0.2, 0.25) is 0 Å². The fraction of sp³-hybridized carbons (Fsp3) is 0.333. The quantitative estimate of drug-likeness (QED) is 0.584. The average Bonchev–Trinajstić information content (AvgIpc) is 2.42. The molecule has 1 aromatic carbocycles. The lowest BCUT2D eigenvalue weighted by Gasteiger charge is -2.06. The Bertz CT molecular complexity index is 477. The molecule has 0 bridgehead atoms. The molecule has 0 atom stereocenters. The summed E-state index contributed by atoms with van der Waals surface area (Å²) in [5.41, 5.74) is 1.75. The van der Waals surface area contributed by atoms with Crippen LogP contribution in [0.4, 0.5) is 5.69 Å². The number of rotatable bonds is 7. The molecule has 92 valence electrons. The molecule has 1 aromatic rings. The van der Waals surface area contributed by atoms with Crippen molar-refractivity contribution in [3.8, 4) is 12.1 Å². The first kappa shape index (κ1) is 13.8. The standard InChI is InChI=1S/C15H17N3/c1-2-3-4-5-6-9-18-15-8-7-13(11-16)14(10-15)12-17/h2,7-8,10,18H,1,3-6,9H2. The average molecular weight is 239 g/mol. The lowest BCUT2D eigenvalue weighted by molar-refractivity contribution is 0.709. The molecular weight excluding hydrogens is 222 g/mol. The highest BCUT2D eigenvalue weighted by atomic mass is 14.9. The van der Waals surface area contributed by atoms with Crippen molar-refractivity contribution in [2.45, 2.75) is 25.7 Å². The van der Waals surface area contributed by atoms with Gasteiger partial charge in [0.05, 0.1) is 11.1 Å². The maximum absolute atomic E-state index is 8.90. The zero-order valence-electron chi connectivity index (χ0n) is 10.4. The van der Waals surface area contributed by atoms with Crippen LogP contribution in [0.5, 0.6) is 0 Å². The maximum Gasteiger partial charge on any atom is 0.101 e. The summed E-state index contributed by atoms with van der Waals surface area (Å²) in [6.45, 7) is 4.57. The summed E-state index contributed by atoms with van der Waals surface area (Å²) < 4.78 is 0. The van der Waals surface area contributed by atoms with Gasteiger partial charge < -0.3 is 5.32 Å². The number of hydrogen-bond acceptors (Lipinski definition) is 3. The summed E-state index contributed by atoms with van der Waals surface area (Å²) in [6, 6.07) is 9.28. The Hall–Kier alpha value is -2.26. The van der Waals surface area contributed by atoms with E-state index < -0.39 is 0 Å². The van der Waals surface area contributed by atoms with Crippen LogP contribution in [0.2, 0.25) is 0 Å². The number of nitrogens with zero attached hydrogens (tertiary/aromatic N) is 2. The van der Waals surface area contributed by atoms with E-state index in [0.29, 0.717) is 11.1 Å². The number of benzene rings is 1. The normalized spacial score (nSPS) is 9.22. The van der Waals surface area contributed by atoms with E-state index >= 15 is 0 Å². The van der Waals surface area contributed by atoms with E-state index in [1.807, 2.05) is 24.3 Å². The predicted molar refractivity (Wildman–Crippen MR) is 73.0 cm³/mol. The third-order valence-corrected chi connectivity index (χ3v) is 2.67. The Morgan fingerprint density at radius 3 is 2.56 bits per heavy atom. The summed E-state index contributed by atoms with van der Waals surface area (Å²) in [5, 5.41) is 21.0. The molecular formula is C15H17N3. The van der Waals surface area contributed by atoms with Crippen LogP contribution >= 0.6 is 0 Å². The first-order chi connectivity index (χ1) is 8.81. The summed E-state index contributed by atoms with van der Waals surface area (Å²) in [4.78, 5) is 0. The van der Waals surface area contributed by atoms with Gasteiger partial charge in [-0.25, -0.2) is 0 Å². The SMILES string of the molecule is C=CCCCCCNc1ccc(C#N)c(C#N)c1.